The van der Waals surface area contributed by atoms with E-state index in [1.165, 1.54) is 12.1 Å². The Balaban J connectivity index is 0. The number of primary amides is 1. The molecule has 0 saturated heterocycles. The van der Waals surface area contributed by atoms with Gasteiger partial charge >= 0.3 is 98.2 Å². The Bertz CT molecular complexity index is 3360. The quantitative estimate of drug-likeness (QED) is 0.0104. The second kappa shape index (κ2) is 40.8. The van der Waals surface area contributed by atoms with Gasteiger partial charge in [0.25, 0.3) is 0 Å². The largest absolute Gasteiger partial charge is 0.508 e. The summed E-state index contributed by atoms with van der Waals surface area (Å²) in [6, 6.07) is 12.2. The highest BCUT2D eigenvalue weighted by atomic mass is 35.6. The average Bonchev–Trinajstić information content (AvgIpc) is 0.695. The van der Waals surface area contributed by atoms with Gasteiger partial charge in [-0.2, -0.15) is 154 Å². The highest BCUT2D eigenvalue weighted by Gasteiger charge is 2.95. The van der Waals surface area contributed by atoms with E-state index in [0.717, 1.165) is 37.3 Å². The second-order valence-corrected chi connectivity index (χ2v) is 43.4. The number of carbonyl (C=O) groups is 6. The first kappa shape index (κ1) is 108. The van der Waals surface area contributed by atoms with Crippen LogP contribution in [0.2, 0.25) is 44.3 Å². The zero-order valence-corrected chi connectivity index (χ0v) is 64.9. The van der Waals surface area contributed by atoms with E-state index in [1.54, 1.807) is 40.4 Å². The maximum Gasteiger partial charge on any atom is 0.500 e. The molecule has 50 heteroatoms. The molecule has 0 unspecified atom stereocenters. The third kappa shape index (κ3) is 28.5. The van der Waals surface area contributed by atoms with E-state index < -0.39 is 168 Å². The Kier molecular flexibility index (Phi) is 39.5. The molecule has 0 aliphatic heterocycles. The van der Waals surface area contributed by atoms with Gasteiger partial charge in [-0.15, -0.1) is 0 Å². The van der Waals surface area contributed by atoms with E-state index in [9.17, 15) is 166 Å². The standard InChI is InChI=1S/C30H40N4O6.C12H10ClF17Si.C10H10ClF13Si.C10H20O5Si/c1-19(2)14-26(29(32)39)34-30(40)22(15-20-6-4-3-5-7-20)17-24(36)18-33-28(38)13-12-27(37)25(31)16-21-8-10-23(35)11-9-21;1-31(2,13)4-3-5(14,15)6(16,17)7(18,19)8(20,21)9(22,23)10(24,25)11(26,27)12(28,29)30;1-25(2,11)4-3-5(12,13)6(14,15)7(16,17)8(18,19)9(20,21)10(22,23)24;1-9(2)10(11)15-7-6-8-16(12-3,13-4)14-5/h3-11,19,22,25-26,35H,12-18,31H2,1-2H3,(H2,32,39)(H,33,38)(H,34,40);3-4H2,1-2H3;3-4H2,1-2H3;1,6-8H2,2-5H3/t22-,25+,26+;;;/m1.../s1. The molecule has 0 aliphatic carbocycles. The molecule has 0 bridgehead atoms. The minimum atomic E-state index is -8.59. The summed E-state index contributed by atoms with van der Waals surface area (Å²) in [4.78, 5) is 73.4. The summed E-state index contributed by atoms with van der Waals surface area (Å²) < 4.78 is 408. The van der Waals surface area contributed by atoms with Crippen molar-refractivity contribution in [2.24, 2.45) is 23.3 Å². The van der Waals surface area contributed by atoms with Crippen LogP contribution in [0.5, 0.6) is 5.75 Å². The average molecular weight is 1780 g/mol. The number of alkyl halides is 30. The number of benzene rings is 2. The molecule has 3 atom stereocenters. The fourth-order valence-corrected chi connectivity index (χ4v) is 12.6. The fraction of sp³-hybridized carbons (Fsp3) is 0.677. The minimum Gasteiger partial charge on any atom is -0.508 e. The summed E-state index contributed by atoms with van der Waals surface area (Å²) in [5, 5.41) is 14.6. The number of nitrogens with one attached hydrogen (secondary N) is 2. The first-order chi connectivity index (χ1) is 49.9. The van der Waals surface area contributed by atoms with E-state index in [0.29, 0.717) is 31.1 Å². The predicted octanol–water partition coefficient (Wildman–Crippen LogP) is 17.3. The molecule has 0 radical (unpaired) electrons. The van der Waals surface area contributed by atoms with Gasteiger partial charge in [-0.3, -0.25) is 24.0 Å². The van der Waals surface area contributed by atoms with Gasteiger partial charge in [0, 0.05) is 71.0 Å². The second-order valence-electron chi connectivity index (χ2n) is 26.3. The zero-order valence-electron chi connectivity index (χ0n) is 60.4. The van der Waals surface area contributed by atoms with Crippen molar-refractivity contribution in [3.8, 4) is 5.75 Å². The van der Waals surface area contributed by atoms with Crippen molar-refractivity contribution < 1.29 is 184 Å². The Labute approximate surface area is 633 Å². The van der Waals surface area contributed by atoms with Crippen molar-refractivity contribution in [3.63, 3.8) is 0 Å². The van der Waals surface area contributed by atoms with Gasteiger partial charge in [0.1, 0.15) is 17.6 Å². The third-order valence-corrected chi connectivity index (χ3v) is 22.3. The van der Waals surface area contributed by atoms with Gasteiger partial charge in [-0.25, -0.2) is 4.79 Å². The number of carbonyl (C=O) groups excluding carboxylic acids is 6. The number of hydrogen-bond donors (Lipinski definition) is 5. The van der Waals surface area contributed by atoms with Crippen LogP contribution in [0.25, 0.3) is 0 Å². The summed E-state index contributed by atoms with van der Waals surface area (Å²) in [6.45, 7) is 13.0. The lowest BCUT2D eigenvalue weighted by molar-refractivity contribution is -0.461. The summed E-state index contributed by atoms with van der Waals surface area (Å²) in [7, 11) is -4.31. The number of phenolic OH excluding ortho intramolecular Hbond substituents is 1. The van der Waals surface area contributed by atoms with Gasteiger partial charge in [-0.05, 0) is 73.9 Å². The third-order valence-electron chi connectivity index (χ3n) is 15.4. The Morgan fingerprint density at radius 3 is 1.24 bits per heavy atom. The SMILES string of the molecule is C=C(C)C(=O)OCCC[Si](OC)(OC)OC.CC(C)C[C@H](NC(=O)[C@@H](CC(=O)CNC(=O)CCC(=O)[C@@H](N)Cc1ccc(O)cc1)Cc1ccccc1)C(N)=O.C[Si](C)(Cl)CCC(F)(F)C(F)(F)C(F)(F)C(F)(F)C(F)(F)C(F)(F)C(F)(F)C(F)(F)F.C[Si](C)(Cl)CCC(F)(F)C(F)(F)C(F)(F)C(F)(F)C(F)(F)C(F)(F)F. The number of nitrogens with two attached hydrogens (primary N) is 2. The Hall–Kier alpha value is -5.83. The first-order valence-corrected chi connectivity index (χ1v) is 42.2. The lowest BCUT2D eigenvalue weighted by Gasteiger charge is -2.43. The molecule has 2 rings (SSSR count). The summed E-state index contributed by atoms with van der Waals surface area (Å²) in [5.41, 5.74) is 13.5. The molecule has 2 aromatic rings. The van der Waals surface area contributed by atoms with Crippen molar-refractivity contribution >= 4 is 81.0 Å². The number of phenols is 1. The van der Waals surface area contributed by atoms with Crippen LogP contribution in [-0.2, 0) is 59.6 Å². The number of amides is 3. The molecule has 15 nitrogen and oxygen atoms in total. The molecule has 0 fully saturated rings. The van der Waals surface area contributed by atoms with Crippen LogP contribution >= 0.6 is 22.2 Å². The normalized spacial score (nSPS) is 14.6. The molecule has 0 aliphatic rings. The van der Waals surface area contributed by atoms with Crippen LogP contribution < -0.4 is 22.1 Å². The lowest BCUT2D eigenvalue weighted by Crippen LogP contribution is -2.74. The number of hydrogen-bond acceptors (Lipinski definition) is 12. The number of Topliss-reactive ketones (excluding diaryl/α,β-unsaturated/α-hetero) is 2. The zero-order chi connectivity index (χ0) is 89.1. The van der Waals surface area contributed by atoms with Crippen LogP contribution in [0.4, 0.5) is 132 Å². The maximum absolute atomic E-state index is 13.5. The molecule has 7 N–H and O–H groups in total. The molecule has 0 spiro atoms. The number of ketones is 2. The molecule has 0 heterocycles. The Morgan fingerprint density at radius 1 is 0.536 bits per heavy atom. The van der Waals surface area contributed by atoms with E-state index in [2.05, 4.69) is 17.2 Å². The molecular weight excluding hydrogens is 1700 g/mol. The first-order valence-electron chi connectivity index (χ1n) is 31.9. The van der Waals surface area contributed by atoms with Crippen molar-refractivity contribution in [3.05, 3.63) is 77.9 Å². The van der Waals surface area contributed by atoms with Gasteiger partial charge in [0.2, 0.25) is 17.7 Å². The van der Waals surface area contributed by atoms with Gasteiger partial charge < -0.3 is 45.2 Å². The summed E-state index contributed by atoms with van der Waals surface area (Å²) in [6.07, 6.45) is -18.6. The van der Waals surface area contributed by atoms with E-state index in [-0.39, 0.29) is 67.9 Å². The molecule has 2 aromatic carbocycles. The molecule has 650 valence electrons. The minimum absolute atomic E-state index is 0.0807. The van der Waals surface area contributed by atoms with Crippen LogP contribution in [0.3, 0.4) is 0 Å². The highest BCUT2D eigenvalue weighted by Crippen LogP contribution is 2.65. The number of rotatable bonds is 41. The highest BCUT2D eigenvalue weighted by molar-refractivity contribution is 7.19. The predicted molar refractivity (Wildman–Crippen MR) is 350 cm³/mol. The van der Waals surface area contributed by atoms with E-state index in [4.69, 9.17) is 51.6 Å². The van der Waals surface area contributed by atoms with Gasteiger partial charge in [-0.1, -0.05) is 89.1 Å². The monoisotopic (exact) mass is 1780 g/mol. The summed E-state index contributed by atoms with van der Waals surface area (Å²) >= 11 is 10.9. The topological polar surface area (TPSA) is 236 Å². The van der Waals surface area contributed by atoms with Gasteiger partial charge in [0.15, 0.2) is 20.6 Å². The maximum atomic E-state index is 13.5. The lowest BCUT2D eigenvalue weighted by atomic mass is 9.88. The summed E-state index contributed by atoms with van der Waals surface area (Å²) in [5.74, 6) is -95.6. The van der Waals surface area contributed by atoms with Crippen molar-refractivity contribution in [2.45, 2.75) is 218 Å². The fourth-order valence-electron chi connectivity index (χ4n) is 8.57. The molecule has 0 aromatic heterocycles. The van der Waals surface area contributed by atoms with Crippen LogP contribution in [0.1, 0.15) is 76.8 Å². The molecule has 3 amide bonds. The van der Waals surface area contributed by atoms with Crippen molar-refractivity contribution in [1.29, 1.82) is 0 Å². The smallest absolute Gasteiger partial charge is 0.500 e. The van der Waals surface area contributed by atoms with Crippen LogP contribution in [0.15, 0.2) is 66.7 Å². The van der Waals surface area contributed by atoms with Crippen LogP contribution in [-0.4, -0.2) is 194 Å². The molecular formula is C62H80Cl2F30N4O11Si3. The van der Waals surface area contributed by atoms with Crippen molar-refractivity contribution in [2.75, 3.05) is 34.5 Å². The van der Waals surface area contributed by atoms with Gasteiger partial charge in [0.05, 0.1) is 19.2 Å². The number of ether oxygens (including phenoxy) is 1. The number of aromatic hydroxyl groups is 1. The molecule has 112 heavy (non-hydrogen) atoms. The number of esters is 1. The van der Waals surface area contributed by atoms with E-state index >= 15 is 0 Å². The Morgan fingerprint density at radius 2 is 0.902 bits per heavy atom. The van der Waals surface area contributed by atoms with E-state index in [1.807, 2.05) is 44.2 Å². The van der Waals surface area contributed by atoms with Crippen LogP contribution in [0, 0.1) is 11.8 Å². The van der Waals surface area contributed by atoms with Crippen molar-refractivity contribution in [1.82, 2.24) is 10.6 Å². The number of halogens is 32. The molecule has 0 saturated carbocycles.